The van der Waals surface area contributed by atoms with Crippen molar-refractivity contribution >= 4 is 21.3 Å². The van der Waals surface area contributed by atoms with Gasteiger partial charge in [0.05, 0.1) is 16.6 Å². The summed E-state index contributed by atoms with van der Waals surface area (Å²) in [6.07, 6.45) is 1.51. The van der Waals surface area contributed by atoms with Crippen molar-refractivity contribution < 1.29 is 22.7 Å². The van der Waals surface area contributed by atoms with E-state index in [4.69, 9.17) is 9.47 Å². The third-order valence-corrected chi connectivity index (χ3v) is 8.84. The van der Waals surface area contributed by atoms with Crippen LogP contribution in [0.25, 0.3) is 0 Å². The van der Waals surface area contributed by atoms with E-state index < -0.39 is 15.8 Å². The number of hydrogen-bond acceptors (Lipinski definition) is 6. The third kappa shape index (κ3) is 3.13. The number of benzene rings is 2. The van der Waals surface area contributed by atoms with Gasteiger partial charge in [0.15, 0.2) is 27.1 Å². The Kier molecular flexibility index (Phi) is 4.34. The van der Waals surface area contributed by atoms with Gasteiger partial charge in [-0.25, -0.2) is 8.42 Å². The van der Waals surface area contributed by atoms with Crippen molar-refractivity contribution in [1.82, 2.24) is 0 Å². The van der Waals surface area contributed by atoms with E-state index in [0.717, 1.165) is 22.6 Å². The number of hydrogen-bond donors (Lipinski definition) is 0. The second-order valence-corrected chi connectivity index (χ2v) is 12.0. The van der Waals surface area contributed by atoms with Gasteiger partial charge in [-0.05, 0) is 41.7 Å². The molecule has 1 aliphatic carbocycles. The first kappa shape index (κ1) is 20.5. The van der Waals surface area contributed by atoms with Crippen LogP contribution in [-0.2, 0) is 14.6 Å². The summed E-state index contributed by atoms with van der Waals surface area (Å²) < 4.78 is 37.9. The number of para-hydroxylation sites is 1. The number of sulfone groups is 1. The Bertz CT molecular complexity index is 1350. The normalized spacial score (nSPS) is 24.7. The Morgan fingerprint density at radius 3 is 2.52 bits per heavy atom. The molecule has 0 aromatic heterocycles. The van der Waals surface area contributed by atoms with E-state index in [1.165, 1.54) is 0 Å². The Hall–Kier alpha value is -3.06. The molecule has 4 aliphatic rings. The van der Waals surface area contributed by atoms with Gasteiger partial charge in [0.25, 0.3) is 0 Å². The largest absolute Gasteiger partial charge is 0.454 e. The lowest BCUT2D eigenvalue weighted by Gasteiger charge is -2.44. The van der Waals surface area contributed by atoms with Gasteiger partial charge < -0.3 is 14.4 Å². The number of carbonyl (C=O) groups excluding carboxylic acids is 1. The first-order chi connectivity index (χ1) is 15.8. The SMILES string of the molecule is CC1(C)CC(=O)C2=C(C1)N(c1ccccc1)C1=C(C2c2ccc3c(c2)OCO3)S(=O)(=O)CC1. The summed E-state index contributed by atoms with van der Waals surface area (Å²) in [4.78, 5) is 16.1. The number of carbonyl (C=O) groups is 1. The van der Waals surface area contributed by atoms with Crippen molar-refractivity contribution in [2.45, 2.75) is 39.0 Å². The topological polar surface area (TPSA) is 72.9 Å². The van der Waals surface area contributed by atoms with E-state index >= 15 is 0 Å². The summed E-state index contributed by atoms with van der Waals surface area (Å²) in [5, 5.41) is 0. The van der Waals surface area contributed by atoms with Gasteiger partial charge in [-0.2, -0.15) is 0 Å². The van der Waals surface area contributed by atoms with Crippen LogP contribution >= 0.6 is 0 Å². The van der Waals surface area contributed by atoms with Crippen molar-refractivity contribution in [1.29, 1.82) is 0 Å². The predicted octanol–water partition coefficient (Wildman–Crippen LogP) is 4.69. The zero-order valence-electron chi connectivity index (χ0n) is 18.6. The van der Waals surface area contributed by atoms with Crippen molar-refractivity contribution in [3.63, 3.8) is 0 Å². The van der Waals surface area contributed by atoms with Crippen LogP contribution in [0.3, 0.4) is 0 Å². The molecular formula is C26H25NO5S. The van der Waals surface area contributed by atoms with Crippen LogP contribution in [0.5, 0.6) is 11.5 Å². The lowest BCUT2D eigenvalue weighted by atomic mass is 9.70. The second kappa shape index (κ2) is 6.97. The molecule has 0 fully saturated rings. The zero-order chi connectivity index (χ0) is 23.0. The maximum Gasteiger partial charge on any atom is 0.231 e. The zero-order valence-corrected chi connectivity index (χ0v) is 19.4. The van der Waals surface area contributed by atoms with E-state index in [2.05, 4.69) is 18.7 Å². The average Bonchev–Trinajstić information content (AvgIpc) is 3.35. The molecule has 3 heterocycles. The molecule has 33 heavy (non-hydrogen) atoms. The molecule has 0 spiro atoms. The fourth-order valence-corrected chi connectivity index (χ4v) is 7.48. The summed E-state index contributed by atoms with van der Waals surface area (Å²) in [7, 11) is -3.52. The maximum absolute atomic E-state index is 13.7. The first-order valence-electron chi connectivity index (χ1n) is 11.2. The van der Waals surface area contributed by atoms with Crippen molar-refractivity contribution in [2.24, 2.45) is 5.41 Å². The smallest absolute Gasteiger partial charge is 0.231 e. The molecule has 6 nitrogen and oxygen atoms in total. The number of ketones is 1. The minimum atomic E-state index is -3.52. The molecule has 0 bridgehead atoms. The summed E-state index contributed by atoms with van der Waals surface area (Å²) in [6.45, 7) is 4.34. The minimum Gasteiger partial charge on any atom is -0.454 e. The van der Waals surface area contributed by atoms with Crippen LogP contribution in [0.15, 0.2) is 70.4 Å². The van der Waals surface area contributed by atoms with Gasteiger partial charge >= 0.3 is 0 Å². The Balaban J connectivity index is 1.64. The van der Waals surface area contributed by atoms with Crippen LogP contribution in [0.2, 0.25) is 0 Å². The highest BCUT2D eigenvalue weighted by Crippen LogP contribution is 2.55. The van der Waals surface area contributed by atoms with Crippen molar-refractivity contribution in [3.8, 4) is 11.5 Å². The minimum absolute atomic E-state index is 0.0125. The van der Waals surface area contributed by atoms with E-state index in [-0.39, 0.29) is 23.7 Å². The lowest BCUT2D eigenvalue weighted by molar-refractivity contribution is -0.118. The third-order valence-electron chi connectivity index (χ3n) is 6.96. The summed E-state index contributed by atoms with van der Waals surface area (Å²) in [5.41, 5.74) is 3.74. The van der Waals surface area contributed by atoms with Crippen LogP contribution in [0, 0.1) is 5.41 Å². The summed E-state index contributed by atoms with van der Waals surface area (Å²) in [6, 6.07) is 15.3. The number of fused-ring (bicyclic) bond motifs is 1. The average molecular weight is 464 g/mol. The van der Waals surface area contributed by atoms with Crippen LogP contribution in [-0.4, -0.2) is 26.7 Å². The monoisotopic (exact) mass is 463 g/mol. The molecule has 6 rings (SSSR count). The van der Waals surface area contributed by atoms with E-state index in [1.807, 2.05) is 42.5 Å². The molecule has 7 heteroatoms. The number of Topliss-reactive ketones (excluding diaryl/α,β-unsaturated/α-hetero) is 1. The molecule has 0 saturated carbocycles. The molecule has 0 N–H and O–H groups in total. The number of ether oxygens (including phenoxy) is 2. The Morgan fingerprint density at radius 1 is 0.970 bits per heavy atom. The molecular weight excluding hydrogens is 438 g/mol. The molecule has 2 aromatic carbocycles. The fraction of sp³-hybridized carbons (Fsp3) is 0.346. The molecule has 0 amide bonds. The Morgan fingerprint density at radius 2 is 1.73 bits per heavy atom. The lowest BCUT2D eigenvalue weighted by Crippen LogP contribution is -2.39. The summed E-state index contributed by atoms with van der Waals surface area (Å²) in [5.74, 6) is 0.662. The van der Waals surface area contributed by atoms with Gasteiger partial charge in [0, 0.05) is 35.5 Å². The quantitative estimate of drug-likeness (QED) is 0.643. The van der Waals surface area contributed by atoms with Gasteiger partial charge in [0.2, 0.25) is 6.79 Å². The first-order valence-corrected chi connectivity index (χ1v) is 12.9. The molecule has 3 aliphatic heterocycles. The van der Waals surface area contributed by atoms with Crippen molar-refractivity contribution in [2.75, 3.05) is 17.4 Å². The van der Waals surface area contributed by atoms with Gasteiger partial charge in [-0.1, -0.05) is 38.1 Å². The van der Waals surface area contributed by atoms with Crippen LogP contribution < -0.4 is 14.4 Å². The van der Waals surface area contributed by atoms with Crippen molar-refractivity contribution in [3.05, 3.63) is 76.0 Å². The van der Waals surface area contributed by atoms with E-state index in [9.17, 15) is 13.2 Å². The number of rotatable bonds is 2. The van der Waals surface area contributed by atoms with E-state index in [1.54, 1.807) is 6.07 Å². The molecule has 0 radical (unpaired) electrons. The van der Waals surface area contributed by atoms with Crippen LogP contribution in [0.1, 0.15) is 44.6 Å². The highest BCUT2D eigenvalue weighted by molar-refractivity contribution is 7.95. The molecule has 170 valence electrons. The standard InChI is InChI=1S/C26H25NO5S/c1-26(2)13-19-24(20(28)14-26)23(16-8-9-21-22(12-16)32-15-31-21)25-18(10-11-33(25,29)30)27(19)17-6-4-3-5-7-17/h3-9,12,23H,10-11,13-15H2,1-2H3. The molecule has 1 unspecified atom stereocenters. The molecule has 1 atom stereocenters. The van der Waals surface area contributed by atoms with Gasteiger partial charge in [0.1, 0.15) is 0 Å². The number of anilines is 1. The highest BCUT2D eigenvalue weighted by Gasteiger charge is 2.50. The fourth-order valence-electron chi connectivity index (χ4n) is 5.63. The Labute approximate surface area is 193 Å². The number of allylic oxidation sites excluding steroid dienone is 4. The van der Waals surface area contributed by atoms with Crippen LogP contribution in [0.4, 0.5) is 5.69 Å². The molecule has 0 saturated heterocycles. The number of nitrogens with zero attached hydrogens (tertiary/aromatic N) is 1. The maximum atomic E-state index is 13.7. The van der Waals surface area contributed by atoms with E-state index in [0.29, 0.717) is 41.2 Å². The summed E-state index contributed by atoms with van der Waals surface area (Å²) >= 11 is 0. The van der Waals surface area contributed by atoms with Gasteiger partial charge in [-0.15, -0.1) is 0 Å². The second-order valence-electron chi connectivity index (χ2n) is 9.90. The molecule has 2 aromatic rings. The predicted molar refractivity (Wildman–Crippen MR) is 125 cm³/mol. The highest BCUT2D eigenvalue weighted by atomic mass is 32.2. The van der Waals surface area contributed by atoms with Gasteiger partial charge in [-0.3, -0.25) is 4.79 Å².